The zero-order valence-electron chi connectivity index (χ0n) is 13.6. The quantitative estimate of drug-likeness (QED) is 0.789. The first kappa shape index (κ1) is 17.5. The number of ketones is 1. The molecular weight excluding hydrogens is 316 g/mol. The summed E-state index contributed by atoms with van der Waals surface area (Å²) >= 11 is 0. The van der Waals surface area contributed by atoms with Gasteiger partial charge in [0.25, 0.3) is 5.91 Å². The van der Waals surface area contributed by atoms with Crippen LogP contribution in [0.25, 0.3) is 0 Å². The van der Waals surface area contributed by atoms with Gasteiger partial charge >= 0.3 is 5.97 Å². The number of ether oxygens (including phenoxy) is 1. The molecule has 128 valence electrons. The van der Waals surface area contributed by atoms with Gasteiger partial charge in [-0.05, 0) is 32.0 Å². The number of carboxylic acids is 1. The maximum absolute atomic E-state index is 12.4. The molecule has 0 spiro atoms. The summed E-state index contributed by atoms with van der Waals surface area (Å²) in [7, 11) is 1.34. The number of carbonyl (C=O) groups excluding carboxylic acids is 3. The van der Waals surface area contributed by atoms with Gasteiger partial charge in [-0.3, -0.25) is 24.1 Å². The maximum atomic E-state index is 12.4. The van der Waals surface area contributed by atoms with Crippen molar-refractivity contribution in [1.29, 1.82) is 0 Å². The Hall–Kier alpha value is -2.90. The molecular formula is C16H18N2O6. The number of anilines is 1. The lowest BCUT2D eigenvalue weighted by Crippen LogP contribution is -2.49. The second-order valence-electron chi connectivity index (χ2n) is 5.57. The number of carbonyl (C=O) groups is 4. The van der Waals surface area contributed by atoms with Crippen LogP contribution < -0.4 is 9.64 Å². The number of hydrogen-bond acceptors (Lipinski definition) is 5. The molecule has 0 saturated heterocycles. The predicted octanol–water partition coefficient (Wildman–Crippen LogP) is 0.546. The molecule has 1 N–H and O–H groups in total. The highest BCUT2D eigenvalue weighted by molar-refractivity contribution is 6.05. The number of benzene rings is 1. The van der Waals surface area contributed by atoms with E-state index in [9.17, 15) is 19.2 Å². The molecule has 1 aromatic carbocycles. The molecule has 1 heterocycles. The highest BCUT2D eigenvalue weighted by atomic mass is 16.5. The number of rotatable bonds is 5. The molecule has 1 aliphatic heterocycles. The number of nitrogens with zero attached hydrogens (tertiary/aromatic N) is 2. The smallest absolute Gasteiger partial charge is 0.323 e. The molecule has 8 nitrogen and oxygen atoms in total. The molecule has 1 unspecified atom stereocenters. The van der Waals surface area contributed by atoms with Crippen molar-refractivity contribution in [3.05, 3.63) is 23.8 Å². The van der Waals surface area contributed by atoms with Gasteiger partial charge in [0.2, 0.25) is 5.91 Å². The van der Waals surface area contributed by atoms with E-state index >= 15 is 0 Å². The molecule has 2 amide bonds. The fourth-order valence-electron chi connectivity index (χ4n) is 2.34. The number of amides is 2. The van der Waals surface area contributed by atoms with Crippen LogP contribution in [0, 0.1) is 0 Å². The zero-order valence-corrected chi connectivity index (χ0v) is 13.6. The third-order valence-electron chi connectivity index (χ3n) is 3.67. The van der Waals surface area contributed by atoms with Gasteiger partial charge in [0.15, 0.2) is 11.9 Å². The number of fused-ring (bicyclic) bond motifs is 1. The van der Waals surface area contributed by atoms with E-state index in [1.54, 1.807) is 19.1 Å². The second kappa shape index (κ2) is 6.69. The molecule has 8 heteroatoms. The van der Waals surface area contributed by atoms with Crippen molar-refractivity contribution in [2.24, 2.45) is 0 Å². The third-order valence-corrected chi connectivity index (χ3v) is 3.67. The molecule has 0 radical (unpaired) electrons. The normalized spacial score (nSPS) is 16.2. The van der Waals surface area contributed by atoms with E-state index in [-0.39, 0.29) is 12.3 Å². The molecule has 0 saturated carbocycles. The van der Waals surface area contributed by atoms with Crippen molar-refractivity contribution in [3.8, 4) is 5.75 Å². The summed E-state index contributed by atoms with van der Waals surface area (Å²) in [5.74, 6) is -1.90. The van der Waals surface area contributed by atoms with E-state index < -0.39 is 30.4 Å². The van der Waals surface area contributed by atoms with Crippen LogP contribution in [0.15, 0.2) is 18.2 Å². The number of Topliss-reactive ketones (excluding diaryl/α,β-unsaturated/α-hetero) is 1. The average Bonchev–Trinajstić information content (AvgIpc) is 2.50. The van der Waals surface area contributed by atoms with E-state index in [2.05, 4.69) is 0 Å². The van der Waals surface area contributed by atoms with Crippen molar-refractivity contribution in [3.63, 3.8) is 0 Å². The molecule has 1 aromatic rings. The van der Waals surface area contributed by atoms with E-state index in [1.165, 1.54) is 24.9 Å². The molecule has 24 heavy (non-hydrogen) atoms. The van der Waals surface area contributed by atoms with Crippen molar-refractivity contribution >= 4 is 29.3 Å². The summed E-state index contributed by atoms with van der Waals surface area (Å²) in [6, 6.07) is 4.65. The lowest BCUT2D eigenvalue weighted by Gasteiger charge is -2.33. The van der Waals surface area contributed by atoms with Gasteiger partial charge in [-0.25, -0.2) is 0 Å². The predicted molar refractivity (Wildman–Crippen MR) is 84.2 cm³/mol. The van der Waals surface area contributed by atoms with Crippen LogP contribution in [0.5, 0.6) is 5.75 Å². The Morgan fingerprint density at radius 2 is 2.00 bits per heavy atom. The number of hydrogen-bond donors (Lipinski definition) is 1. The van der Waals surface area contributed by atoms with Crippen LogP contribution >= 0.6 is 0 Å². The van der Waals surface area contributed by atoms with Crippen LogP contribution in [-0.2, 0) is 14.4 Å². The maximum Gasteiger partial charge on any atom is 0.323 e. The van der Waals surface area contributed by atoms with Crippen LogP contribution in [0.3, 0.4) is 0 Å². The van der Waals surface area contributed by atoms with Crippen LogP contribution in [0.4, 0.5) is 5.69 Å². The fraction of sp³-hybridized carbons (Fsp3) is 0.375. The Balaban J connectivity index is 2.33. The first-order valence-electron chi connectivity index (χ1n) is 7.29. The third kappa shape index (κ3) is 3.53. The second-order valence-corrected chi connectivity index (χ2v) is 5.57. The molecule has 1 aliphatic rings. The van der Waals surface area contributed by atoms with Gasteiger partial charge in [0, 0.05) is 12.6 Å². The number of carboxylic acid groups (broad SMARTS) is 1. The fourth-order valence-corrected chi connectivity index (χ4v) is 2.34. The topological polar surface area (TPSA) is 104 Å². The lowest BCUT2D eigenvalue weighted by molar-refractivity contribution is -0.143. The Labute approximate surface area is 138 Å². The van der Waals surface area contributed by atoms with Crippen LogP contribution in [0.1, 0.15) is 24.2 Å². The van der Waals surface area contributed by atoms with E-state index in [0.29, 0.717) is 17.0 Å². The first-order chi connectivity index (χ1) is 11.2. The summed E-state index contributed by atoms with van der Waals surface area (Å²) in [6.45, 7) is 2.16. The Kier molecular flexibility index (Phi) is 4.87. The lowest BCUT2D eigenvalue weighted by atomic mass is 10.1. The Morgan fingerprint density at radius 3 is 2.58 bits per heavy atom. The monoisotopic (exact) mass is 334 g/mol. The van der Waals surface area contributed by atoms with E-state index in [1.807, 2.05) is 0 Å². The molecule has 2 rings (SSSR count). The van der Waals surface area contributed by atoms with Crippen molar-refractivity contribution in [1.82, 2.24) is 4.90 Å². The van der Waals surface area contributed by atoms with Gasteiger partial charge in [-0.1, -0.05) is 0 Å². The molecule has 0 fully saturated rings. The molecule has 0 aromatic heterocycles. The van der Waals surface area contributed by atoms with Crippen molar-refractivity contribution in [2.75, 3.05) is 25.0 Å². The Morgan fingerprint density at radius 1 is 1.33 bits per heavy atom. The highest BCUT2D eigenvalue weighted by Crippen LogP contribution is 2.35. The van der Waals surface area contributed by atoms with Crippen LogP contribution in [-0.4, -0.2) is 59.8 Å². The van der Waals surface area contributed by atoms with Gasteiger partial charge < -0.3 is 14.7 Å². The minimum Gasteiger partial charge on any atom is -0.480 e. The van der Waals surface area contributed by atoms with Gasteiger partial charge in [-0.15, -0.1) is 0 Å². The largest absolute Gasteiger partial charge is 0.480 e. The summed E-state index contributed by atoms with van der Waals surface area (Å²) in [5, 5.41) is 8.76. The molecule has 0 aliphatic carbocycles. The zero-order chi connectivity index (χ0) is 18.0. The van der Waals surface area contributed by atoms with Gasteiger partial charge in [-0.2, -0.15) is 0 Å². The standard InChI is InChI=1S/C16H18N2O6/c1-9(19)11-4-5-13-12(6-11)18(16(23)10(2)24-13)7-14(20)17(3)8-15(21)22/h4-6,10H,7-8H2,1-3H3,(H,21,22). The van der Waals surface area contributed by atoms with Crippen molar-refractivity contribution < 1.29 is 29.0 Å². The van der Waals surface area contributed by atoms with Crippen LogP contribution in [0.2, 0.25) is 0 Å². The number of aliphatic carboxylic acids is 1. The minimum atomic E-state index is -1.15. The average molecular weight is 334 g/mol. The summed E-state index contributed by atoms with van der Waals surface area (Å²) < 4.78 is 5.49. The molecule has 1 atom stereocenters. The summed E-state index contributed by atoms with van der Waals surface area (Å²) in [5.41, 5.74) is 0.707. The van der Waals surface area contributed by atoms with Crippen molar-refractivity contribution in [2.45, 2.75) is 20.0 Å². The summed E-state index contributed by atoms with van der Waals surface area (Å²) in [4.78, 5) is 49.1. The van der Waals surface area contributed by atoms with E-state index in [4.69, 9.17) is 9.84 Å². The minimum absolute atomic E-state index is 0.182. The summed E-state index contributed by atoms with van der Waals surface area (Å²) in [6.07, 6.45) is -0.779. The first-order valence-corrected chi connectivity index (χ1v) is 7.29. The van der Waals surface area contributed by atoms with Gasteiger partial charge in [0.05, 0.1) is 5.69 Å². The highest BCUT2D eigenvalue weighted by Gasteiger charge is 2.33. The molecule has 0 bridgehead atoms. The Bertz CT molecular complexity index is 715. The van der Waals surface area contributed by atoms with Gasteiger partial charge in [0.1, 0.15) is 18.8 Å². The SMILES string of the molecule is CC(=O)c1ccc2c(c1)N(CC(=O)N(C)CC(=O)O)C(=O)C(C)O2. The van der Waals surface area contributed by atoms with E-state index in [0.717, 1.165) is 4.90 Å². The number of likely N-dealkylation sites (N-methyl/N-ethyl adjacent to an activating group) is 1.